The van der Waals surface area contributed by atoms with Crippen LogP contribution in [0.2, 0.25) is 0 Å². The molecule has 0 bridgehead atoms. The number of nitrogens with two attached hydrogens (primary N) is 1. The van der Waals surface area contributed by atoms with Gasteiger partial charge in [0.25, 0.3) is 5.91 Å². The second-order valence-electron chi connectivity index (χ2n) is 7.19. The van der Waals surface area contributed by atoms with E-state index in [1.807, 2.05) is 24.2 Å². The summed E-state index contributed by atoms with van der Waals surface area (Å²) in [5.74, 6) is -0.697. The minimum absolute atomic E-state index is 0.00218. The highest BCUT2D eigenvalue weighted by Gasteiger charge is 2.24. The van der Waals surface area contributed by atoms with E-state index in [1.165, 1.54) is 6.07 Å². The van der Waals surface area contributed by atoms with E-state index in [1.54, 1.807) is 23.0 Å². The number of rotatable bonds is 4. The fraction of sp³-hybridized carbons (Fsp3) is 0.350. The van der Waals surface area contributed by atoms with E-state index in [-0.39, 0.29) is 17.8 Å². The minimum Gasteiger partial charge on any atom is -0.366 e. The van der Waals surface area contributed by atoms with Gasteiger partial charge in [0.2, 0.25) is 0 Å². The SMILES string of the molecule is Cn1cc(C2=CCC(C(=O)Nc3cccc(F)c3N3CCC[C@@H](N)C3)=N2)cn1. The number of carbonyl (C=O) groups is 1. The van der Waals surface area contributed by atoms with Gasteiger partial charge in [-0.2, -0.15) is 5.10 Å². The number of hydrogen-bond donors (Lipinski definition) is 2. The predicted octanol–water partition coefficient (Wildman–Crippen LogP) is 2.31. The lowest BCUT2D eigenvalue weighted by Gasteiger charge is -2.34. The van der Waals surface area contributed by atoms with Crippen LogP contribution in [0.3, 0.4) is 0 Å². The lowest BCUT2D eigenvalue weighted by atomic mass is 10.1. The van der Waals surface area contributed by atoms with Crippen molar-refractivity contribution in [2.24, 2.45) is 17.8 Å². The van der Waals surface area contributed by atoms with E-state index < -0.39 is 0 Å². The van der Waals surface area contributed by atoms with E-state index in [0.717, 1.165) is 24.1 Å². The fourth-order valence-electron chi connectivity index (χ4n) is 3.65. The van der Waals surface area contributed by atoms with Crippen molar-refractivity contribution >= 4 is 28.7 Å². The van der Waals surface area contributed by atoms with Crippen LogP contribution in [0.1, 0.15) is 24.8 Å². The third-order valence-electron chi connectivity index (χ3n) is 5.02. The maximum Gasteiger partial charge on any atom is 0.270 e. The van der Waals surface area contributed by atoms with Crippen LogP contribution in [0.15, 0.2) is 41.7 Å². The second kappa shape index (κ2) is 7.55. The van der Waals surface area contributed by atoms with Crippen LogP contribution in [0.5, 0.6) is 0 Å². The van der Waals surface area contributed by atoms with Gasteiger partial charge < -0.3 is 16.0 Å². The molecule has 0 saturated carbocycles. The van der Waals surface area contributed by atoms with Gasteiger partial charge in [0.1, 0.15) is 11.5 Å². The topological polar surface area (TPSA) is 88.5 Å². The van der Waals surface area contributed by atoms with Gasteiger partial charge in [-0.15, -0.1) is 0 Å². The minimum atomic E-state index is -0.366. The van der Waals surface area contributed by atoms with Gasteiger partial charge in [0, 0.05) is 44.4 Å². The van der Waals surface area contributed by atoms with Crippen molar-refractivity contribution in [1.29, 1.82) is 0 Å². The van der Waals surface area contributed by atoms with Crippen LogP contribution in [-0.4, -0.2) is 40.5 Å². The molecule has 1 amide bonds. The zero-order chi connectivity index (χ0) is 19.7. The Balaban J connectivity index is 1.53. The molecule has 3 heterocycles. The number of nitrogens with zero attached hydrogens (tertiary/aromatic N) is 4. The summed E-state index contributed by atoms with van der Waals surface area (Å²) in [7, 11) is 1.83. The normalized spacial score (nSPS) is 19.4. The summed E-state index contributed by atoms with van der Waals surface area (Å²) in [5, 5.41) is 6.96. The summed E-state index contributed by atoms with van der Waals surface area (Å²) in [6.45, 7) is 1.28. The van der Waals surface area contributed by atoms with E-state index in [4.69, 9.17) is 5.73 Å². The Morgan fingerprint density at radius 3 is 3.00 bits per heavy atom. The molecule has 3 N–H and O–H groups in total. The van der Waals surface area contributed by atoms with Gasteiger partial charge in [0.15, 0.2) is 0 Å². The molecule has 1 atom stereocenters. The molecule has 146 valence electrons. The summed E-state index contributed by atoms with van der Waals surface area (Å²) >= 11 is 0. The number of anilines is 2. The predicted molar refractivity (Wildman–Crippen MR) is 108 cm³/mol. The molecule has 4 rings (SSSR count). The standard InChI is InChI=1S/C20H23FN6O/c1-26-11-13(10-23-26)16-7-8-18(24-16)20(28)25-17-6-2-5-15(21)19(17)27-9-3-4-14(22)12-27/h2,5-7,10-11,14H,3-4,8-9,12,22H2,1H3,(H,25,28)/t14-/m1/s1. The van der Waals surface area contributed by atoms with Crippen molar-refractivity contribution in [2.45, 2.75) is 25.3 Å². The van der Waals surface area contributed by atoms with Crippen LogP contribution < -0.4 is 16.0 Å². The first-order valence-electron chi connectivity index (χ1n) is 9.38. The van der Waals surface area contributed by atoms with Crippen LogP contribution >= 0.6 is 0 Å². The average molecular weight is 382 g/mol. The number of hydrogen-bond acceptors (Lipinski definition) is 5. The third-order valence-corrected chi connectivity index (χ3v) is 5.02. The Kier molecular flexibility index (Phi) is 4.95. The molecule has 2 aliphatic rings. The van der Waals surface area contributed by atoms with Crippen molar-refractivity contribution < 1.29 is 9.18 Å². The first-order chi connectivity index (χ1) is 13.5. The number of allylic oxidation sites excluding steroid dienone is 1. The van der Waals surface area contributed by atoms with Gasteiger partial charge in [-0.1, -0.05) is 12.1 Å². The number of aromatic nitrogens is 2. The quantitative estimate of drug-likeness (QED) is 0.849. The van der Waals surface area contributed by atoms with E-state index in [2.05, 4.69) is 15.4 Å². The molecule has 0 unspecified atom stereocenters. The zero-order valence-electron chi connectivity index (χ0n) is 15.7. The molecular weight excluding hydrogens is 359 g/mol. The molecule has 2 aliphatic heterocycles. The lowest BCUT2D eigenvalue weighted by molar-refractivity contribution is -0.110. The number of carbonyl (C=O) groups excluding carboxylic acids is 1. The molecule has 28 heavy (non-hydrogen) atoms. The monoisotopic (exact) mass is 382 g/mol. The highest BCUT2D eigenvalue weighted by Crippen LogP contribution is 2.32. The smallest absolute Gasteiger partial charge is 0.270 e. The highest BCUT2D eigenvalue weighted by atomic mass is 19.1. The fourth-order valence-corrected chi connectivity index (χ4v) is 3.65. The van der Waals surface area contributed by atoms with E-state index >= 15 is 0 Å². The summed E-state index contributed by atoms with van der Waals surface area (Å²) < 4.78 is 16.3. The molecule has 0 spiro atoms. The van der Waals surface area contributed by atoms with Crippen molar-refractivity contribution in [3.8, 4) is 0 Å². The number of amides is 1. The van der Waals surface area contributed by atoms with Crippen LogP contribution in [-0.2, 0) is 11.8 Å². The Hall–Kier alpha value is -3.00. The molecule has 1 fully saturated rings. The Morgan fingerprint density at radius 2 is 2.25 bits per heavy atom. The maximum atomic E-state index is 14.6. The number of aryl methyl sites for hydroxylation is 1. The van der Waals surface area contributed by atoms with Crippen LogP contribution in [0.4, 0.5) is 15.8 Å². The molecule has 0 radical (unpaired) electrons. The number of aliphatic imine (C=N–C) groups is 1. The first-order valence-corrected chi connectivity index (χ1v) is 9.38. The average Bonchev–Trinajstić information content (AvgIpc) is 3.31. The number of nitrogens with one attached hydrogen (secondary N) is 1. The molecule has 2 aromatic rings. The Bertz CT molecular complexity index is 963. The Labute approximate surface area is 162 Å². The van der Waals surface area contributed by atoms with Crippen molar-refractivity contribution in [2.75, 3.05) is 23.3 Å². The van der Waals surface area contributed by atoms with E-state index in [9.17, 15) is 9.18 Å². The lowest BCUT2D eigenvalue weighted by Crippen LogP contribution is -2.43. The van der Waals surface area contributed by atoms with Gasteiger partial charge in [-0.25, -0.2) is 9.38 Å². The van der Waals surface area contributed by atoms with Crippen molar-refractivity contribution in [3.05, 3.63) is 48.0 Å². The summed E-state index contributed by atoms with van der Waals surface area (Å²) in [5.41, 5.74) is 8.86. The van der Waals surface area contributed by atoms with Gasteiger partial charge >= 0.3 is 0 Å². The van der Waals surface area contributed by atoms with E-state index in [0.29, 0.717) is 36.6 Å². The summed E-state index contributed by atoms with van der Waals surface area (Å²) in [6, 6.07) is 4.71. The number of para-hydroxylation sites is 1. The van der Waals surface area contributed by atoms with Crippen molar-refractivity contribution in [1.82, 2.24) is 9.78 Å². The van der Waals surface area contributed by atoms with Crippen molar-refractivity contribution in [3.63, 3.8) is 0 Å². The second-order valence-corrected chi connectivity index (χ2v) is 7.19. The highest BCUT2D eigenvalue weighted by molar-refractivity contribution is 6.45. The molecular formula is C20H23FN6O. The van der Waals surface area contributed by atoms with Gasteiger partial charge in [-0.05, 0) is 25.0 Å². The number of benzene rings is 1. The maximum absolute atomic E-state index is 14.6. The molecule has 8 heteroatoms. The van der Waals surface area contributed by atoms with Crippen LogP contribution in [0, 0.1) is 5.82 Å². The molecule has 7 nitrogen and oxygen atoms in total. The molecule has 1 saturated heterocycles. The third kappa shape index (κ3) is 3.68. The molecule has 1 aromatic heterocycles. The summed E-state index contributed by atoms with van der Waals surface area (Å²) in [4.78, 5) is 19.1. The zero-order valence-corrected chi connectivity index (χ0v) is 15.7. The van der Waals surface area contributed by atoms with Gasteiger partial charge in [0.05, 0.1) is 23.3 Å². The molecule has 0 aliphatic carbocycles. The summed E-state index contributed by atoms with van der Waals surface area (Å²) in [6.07, 6.45) is 7.69. The largest absolute Gasteiger partial charge is 0.366 e. The Morgan fingerprint density at radius 1 is 1.39 bits per heavy atom. The van der Waals surface area contributed by atoms with Gasteiger partial charge in [-0.3, -0.25) is 9.48 Å². The number of halogens is 1. The molecule has 1 aromatic carbocycles. The number of piperidine rings is 1. The van der Waals surface area contributed by atoms with Crippen LogP contribution in [0.25, 0.3) is 5.70 Å². The first kappa shape index (κ1) is 18.4.